The molecule has 1 heterocycles. The predicted octanol–water partition coefficient (Wildman–Crippen LogP) is 3.65. The predicted molar refractivity (Wildman–Crippen MR) is 94.6 cm³/mol. The Kier molecular flexibility index (Phi) is 5.12. The molecule has 1 aromatic heterocycles. The topological polar surface area (TPSA) is 57.8 Å². The molecule has 0 aliphatic rings. The van der Waals surface area contributed by atoms with Crippen LogP contribution in [0.15, 0.2) is 54.6 Å². The number of carbonyl (C=O) groups excluding carboxylic acids is 1. The molecule has 0 bridgehead atoms. The Labute approximate surface area is 149 Å². The number of nitrogens with one attached hydrogen (secondary N) is 2. The highest BCUT2D eigenvalue weighted by molar-refractivity contribution is 6.31. The Morgan fingerprint density at radius 2 is 1.96 bits per heavy atom. The fourth-order valence-electron chi connectivity index (χ4n) is 2.13. The van der Waals surface area contributed by atoms with Crippen molar-refractivity contribution in [3.63, 3.8) is 0 Å². The van der Waals surface area contributed by atoms with E-state index in [1.165, 1.54) is 12.1 Å². The standard InChI is InChI=1S/C19H13ClFN3O/c20-16-6-2-1-4-13(16)5-3-11-22-19(25)18-12-17(23-24-18)14-7-9-15(21)10-8-14/h1-2,4,6-10,12H,11H2,(H,22,25)(H,23,24). The molecule has 2 aromatic carbocycles. The van der Waals surface area contributed by atoms with Gasteiger partial charge in [-0.25, -0.2) is 4.39 Å². The summed E-state index contributed by atoms with van der Waals surface area (Å²) in [5.41, 5.74) is 2.29. The average molecular weight is 354 g/mol. The van der Waals surface area contributed by atoms with Gasteiger partial charge >= 0.3 is 0 Å². The summed E-state index contributed by atoms with van der Waals surface area (Å²) in [7, 11) is 0. The number of amides is 1. The van der Waals surface area contributed by atoms with Gasteiger partial charge in [0.2, 0.25) is 0 Å². The van der Waals surface area contributed by atoms with Crippen molar-refractivity contribution in [3.8, 4) is 23.1 Å². The maximum absolute atomic E-state index is 12.9. The van der Waals surface area contributed by atoms with Crippen molar-refractivity contribution in [2.75, 3.05) is 6.54 Å². The molecule has 25 heavy (non-hydrogen) atoms. The number of H-pyrrole nitrogens is 1. The molecule has 0 aliphatic heterocycles. The summed E-state index contributed by atoms with van der Waals surface area (Å²) in [6.07, 6.45) is 0. The van der Waals surface area contributed by atoms with Crippen LogP contribution in [0.5, 0.6) is 0 Å². The van der Waals surface area contributed by atoms with Crippen molar-refractivity contribution in [3.05, 3.63) is 76.7 Å². The van der Waals surface area contributed by atoms with E-state index in [0.717, 1.165) is 5.56 Å². The van der Waals surface area contributed by atoms with Gasteiger partial charge in [0, 0.05) is 11.1 Å². The maximum Gasteiger partial charge on any atom is 0.270 e. The monoisotopic (exact) mass is 353 g/mol. The van der Waals surface area contributed by atoms with Gasteiger partial charge in [0.1, 0.15) is 11.5 Å². The summed E-state index contributed by atoms with van der Waals surface area (Å²) < 4.78 is 12.9. The number of aromatic nitrogens is 2. The second-order valence-electron chi connectivity index (χ2n) is 5.14. The quantitative estimate of drug-likeness (QED) is 0.706. The third-order valence-electron chi connectivity index (χ3n) is 3.40. The Balaban J connectivity index is 1.61. The fraction of sp³-hybridized carbons (Fsp3) is 0.0526. The van der Waals surface area contributed by atoms with Gasteiger partial charge in [0.25, 0.3) is 5.91 Å². The van der Waals surface area contributed by atoms with E-state index < -0.39 is 0 Å². The Morgan fingerprint density at radius 3 is 2.72 bits per heavy atom. The number of aromatic amines is 1. The van der Waals surface area contributed by atoms with Crippen LogP contribution in [-0.2, 0) is 0 Å². The van der Waals surface area contributed by atoms with Crippen LogP contribution in [0.1, 0.15) is 16.1 Å². The highest BCUT2D eigenvalue weighted by Crippen LogP contribution is 2.18. The van der Waals surface area contributed by atoms with Crippen molar-refractivity contribution >= 4 is 17.5 Å². The first-order chi connectivity index (χ1) is 12.1. The molecule has 124 valence electrons. The van der Waals surface area contributed by atoms with Crippen LogP contribution in [0.2, 0.25) is 5.02 Å². The summed E-state index contributed by atoms with van der Waals surface area (Å²) in [4.78, 5) is 12.1. The summed E-state index contributed by atoms with van der Waals surface area (Å²) in [6, 6.07) is 14.7. The SMILES string of the molecule is O=C(NCC#Cc1ccccc1Cl)c1cc(-c2ccc(F)cc2)n[nH]1. The Bertz CT molecular complexity index is 955. The second kappa shape index (κ2) is 7.65. The van der Waals surface area contributed by atoms with Crippen LogP contribution in [0, 0.1) is 17.7 Å². The average Bonchev–Trinajstić information content (AvgIpc) is 3.11. The lowest BCUT2D eigenvalue weighted by Crippen LogP contribution is -2.23. The van der Waals surface area contributed by atoms with Crippen LogP contribution in [0.3, 0.4) is 0 Å². The molecular formula is C19H13ClFN3O. The van der Waals surface area contributed by atoms with Gasteiger partial charge in [-0.2, -0.15) is 5.10 Å². The molecular weight excluding hydrogens is 341 g/mol. The third kappa shape index (κ3) is 4.25. The molecule has 0 unspecified atom stereocenters. The fourth-order valence-corrected chi connectivity index (χ4v) is 2.31. The van der Waals surface area contributed by atoms with Crippen molar-refractivity contribution in [2.45, 2.75) is 0 Å². The van der Waals surface area contributed by atoms with Crippen LogP contribution in [-0.4, -0.2) is 22.6 Å². The van der Waals surface area contributed by atoms with Crippen molar-refractivity contribution in [1.29, 1.82) is 0 Å². The molecule has 0 aliphatic carbocycles. The van der Waals surface area contributed by atoms with Crippen LogP contribution >= 0.6 is 11.6 Å². The summed E-state index contributed by atoms with van der Waals surface area (Å²) in [5.74, 6) is 5.09. The van der Waals surface area contributed by atoms with E-state index in [9.17, 15) is 9.18 Å². The van der Waals surface area contributed by atoms with E-state index >= 15 is 0 Å². The maximum atomic E-state index is 12.9. The van der Waals surface area contributed by atoms with E-state index in [1.54, 1.807) is 30.3 Å². The number of nitrogens with zero attached hydrogens (tertiary/aromatic N) is 1. The van der Waals surface area contributed by atoms with Crippen molar-refractivity contribution in [2.24, 2.45) is 0 Å². The zero-order chi connectivity index (χ0) is 17.6. The minimum Gasteiger partial charge on any atom is -0.340 e. The van der Waals surface area contributed by atoms with E-state index in [2.05, 4.69) is 27.4 Å². The summed E-state index contributed by atoms with van der Waals surface area (Å²) in [5, 5.41) is 9.97. The Hall–Kier alpha value is -3.10. The summed E-state index contributed by atoms with van der Waals surface area (Å²) in [6.45, 7) is 0.176. The molecule has 6 heteroatoms. The van der Waals surface area contributed by atoms with Gasteiger partial charge < -0.3 is 5.32 Å². The highest BCUT2D eigenvalue weighted by atomic mass is 35.5. The molecule has 2 N–H and O–H groups in total. The summed E-state index contributed by atoms with van der Waals surface area (Å²) >= 11 is 6.01. The molecule has 4 nitrogen and oxygen atoms in total. The lowest BCUT2D eigenvalue weighted by atomic mass is 10.1. The van der Waals surface area contributed by atoms with Crippen molar-refractivity contribution < 1.29 is 9.18 Å². The van der Waals surface area contributed by atoms with Crippen molar-refractivity contribution in [1.82, 2.24) is 15.5 Å². The number of carbonyl (C=O) groups is 1. The molecule has 3 rings (SSSR count). The van der Waals surface area contributed by atoms with Gasteiger partial charge in [-0.1, -0.05) is 35.6 Å². The molecule has 0 atom stereocenters. The minimum atomic E-state index is -0.325. The van der Waals surface area contributed by atoms with Crippen LogP contribution < -0.4 is 5.32 Å². The van der Waals surface area contributed by atoms with E-state index in [-0.39, 0.29) is 18.3 Å². The zero-order valence-electron chi connectivity index (χ0n) is 13.0. The first-order valence-corrected chi connectivity index (χ1v) is 7.84. The lowest BCUT2D eigenvalue weighted by molar-refractivity contribution is 0.0953. The van der Waals surface area contributed by atoms with E-state index in [0.29, 0.717) is 22.0 Å². The van der Waals surface area contributed by atoms with Crippen LogP contribution in [0.4, 0.5) is 4.39 Å². The number of hydrogen-bond donors (Lipinski definition) is 2. The zero-order valence-corrected chi connectivity index (χ0v) is 13.8. The first kappa shape index (κ1) is 16.7. The van der Waals surface area contributed by atoms with E-state index in [1.807, 2.05) is 12.1 Å². The Morgan fingerprint density at radius 1 is 1.20 bits per heavy atom. The molecule has 3 aromatic rings. The first-order valence-electron chi connectivity index (χ1n) is 7.46. The van der Waals surface area contributed by atoms with Gasteiger partial charge in [-0.05, 0) is 42.5 Å². The van der Waals surface area contributed by atoms with Gasteiger partial charge in [-0.15, -0.1) is 0 Å². The van der Waals surface area contributed by atoms with Gasteiger partial charge in [0.05, 0.1) is 17.3 Å². The highest BCUT2D eigenvalue weighted by Gasteiger charge is 2.10. The number of benzene rings is 2. The molecule has 0 fully saturated rings. The normalized spacial score (nSPS) is 10.0. The second-order valence-corrected chi connectivity index (χ2v) is 5.55. The van der Waals surface area contributed by atoms with Gasteiger partial charge in [0.15, 0.2) is 0 Å². The molecule has 0 radical (unpaired) electrons. The van der Waals surface area contributed by atoms with Crippen LogP contribution in [0.25, 0.3) is 11.3 Å². The lowest BCUT2D eigenvalue weighted by Gasteiger charge is -1.97. The molecule has 0 saturated heterocycles. The molecule has 0 spiro atoms. The minimum absolute atomic E-state index is 0.176. The largest absolute Gasteiger partial charge is 0.340 e. The number of hydrogen-bond acceptors (Lipinski definition) is 2. The van der Waals surface area contributed by atoms with E-state index in [4.69, 9.17) is 11.6 Å². The number of rotatable bonds is 3. The molecule has 1 amide bonds. The molecule has 0 saturated carbocycles. The van der Waals surface area contributed by atoms with Gasteiger partial charge in [-0.3, -0.25) is 9.89 Å². The number of halogens is 2. The third-order valence-corrected chi connectivity index (χ3v) is 3.73. The smallest absolute Gasteiger partial charge is 0.270 e.